The molecular formula is C16H19ClN2. The van der Waals surface area contributed by atoms with Gasteiger partial charge in [-0.3, -0.25) is 9.88 Å². The maximum absolute atomic E-state index is 6.27. The van der Waals surface area contributed by atoms with E-state index in [4.69, 9.17) is 11.6 Å². The summed E-state index contributed by atoms with van der Waals surface area (Å²) in [5, 5.41) is 1.58. The largest absolute Gasteiger partial charge is 0.298 e. The number of pyridine rings is 1. The minimum absolute atomic E-state index is 0.308. The van der Waals surface area contributed by atoms with E-state index in [1.807, 2.05) is 6.07 Å². The van der Waals surface area contributed by atoms with Crippen LogP contribution in [0, 0.1) is 6.92 Å². The zero-order valence-corrected chi connectivity index (χ0v) is 12.0. The number of aryl methyl sites for hydroxylation is 1. The number of aromatic nitrogens is 1. The highest BCUT2D eigenvalue weighted by molar-refractivity contribution is 6.20. The standard InChI is InChI=1S/C16H19ClN2/c1-12-9-13(10-19-8-4-5-14(17)11-19)15-6-2-3-7-16(15)18-12/h2-3,6-7,9,14H,4-5,8,10-11H2,1H3. The summed E-state index contributed by atoms with van der Waals surface area (Å²) in [6, 6.07) is 10.6. The third-order valence-corrected chi connectivity index (χ3v) is 4.13. The second-order valence-corrected chi connectivity index (χ2v) is 6.03. The number of rotatable bonds is 2. The monoisotopic (exact) mass is 274 g/mol. The smallest absolute Gasteiger partial charge is 0.0708 e. The fraction of sp³-hybridized carbons (Fsp3) is 0.438. The molecule has 0 radical (unpaired) electrons. The topological polar surface area (TPSA) is 16.1 Å². The average molecular weight is 275 g/mol. The van der Waals surface area contributed by atoms with Gasteiger partial charge >= 0.3 is 0 Å². The maximum Gasteiger partial charge on any atom is 0.0708 e. The van der Waals surface area contributed by atoms with E-state index in [1.165, 1.54) is 17.4 Å². The summed E-state index contributed by atoms with van der Waals surface area (Å²) < 4.78 is 0. The van der Waals surface area contributed by atoms with Crippen molar-refractivity contribution in [2.75, 3.05) is 13.1 Å². The molecule has 1 aromatic carbocycles. The number of alkyl halides is 1. The van der Waals surface area contributed by atoms with Gasteiger partial charge in [-0.15, -0.1) is 11.6 Å². The lowest BCUT2D eigenvalue weighted by Crippen LogP contribution is -2.35. The Labute approximate surface area is 119 Å². The normalized spacial score (nSPS) is 20.8. The number of nitrogens with zero attached hydrogens (tertiary/aromatic N) is 2. The van der Waals surface area contributed by atoms with Crippen LogP contribution in [0.4, 0.5) is 0 Å². The van der Waals surface area contributed by atoms with Crippen LogP contribution in [0.15, 0.2) is 30.3 Å². The zero-order chi connectivity index (χ0) is 13.2. The van der Waals surface area contributed by atoms with Crippen molar-refractivity contribution >= 4 is 22.5 Å². The summed E-state index contributed by atoms with van der Waals surface area (Å²) in [6.45, 7) is 5.19. The van der Waals surface area contributed by atoms with Gasteiger partial charge in [-0.1, -0.05) is 18.2 Å². The zero-order valence-electron chi connectivity index (χ0n) is 11.3. The first kappa shape index (κ1) is 12.9. The van der Waals surface area contributed by atoms with Gasteiger partial charge in [0.2, 0.25) is 0 Å². The summed E-state index contributed by atoms with van der Waals surface area (Å²) in [7, 11) is 0. The van der Waals surface area contributed by atoms with Crippen LogP contribution in [0.5, 0.6) is 0 Å². The number of piperidine rings is 1. The fourth-order valence-electron chi connectivity index (χ4n) is 2.91. The Morgan fingerprint density at radius 1 is 1.37 bits per heavy atom. The van der Waals surface area contributed by atoms with Crippen LogP contribution in [0.3, 0.4) is 0 Å². The van der Waals surface area contributed by atoms with Crippen LogP contribution in [0.1, 0.15) is 24.1 Å². The summed E-state index contributed by atoms with van der Waals surface area (Å²) in [4.78, 5) is 7.06. The van der Waals surface area contributed by atoms with Crippen molar-refractivity contribution in [2.45, 2.75) is 31.7 Å². The Kier molecular flexibility index (Phi) is 3.72. The van der Waals surface area contributed by atoms with Crippen LogP contribution in [0.25, 0.3) is 10.9 Å². The van der Waals surface area contributed by atoms with Crippen molar-refractivity contribution in [3.63, 3.8) is 0 Å². The van der Waals surface area contributed by atoms with Crippen LogP contribution in [0.2, 0.25) is 0 Å². The highest BCUT2D eigenvalue weighted by Crippen LogP contribution is 2.22. The molecular weight excluding hydrogens is 256 g/mol. The van der Waals surface area contributed by atoms with Crippen molar-refractivity contribution in [1.82, 2.24) is 9.88 Å². The van der Waals surface area contributed by atoms with Crippen molar-refractivity contribution in [1.29, 1.82) is 0 Å². The first-order valence-corrected chi connectivity index (χ1v) is 7.38. The van der Waals surface area contributed by atoms with Gasteiger partial charge in [0.15, 0.2) is 0 Å². The predicted molar refractivity (Wildman–Crippen MR) is 80.6 cm³/mol. The van der Waals surface area contributed by atoms with E-state index in [0.717, 1.165) is 37.3 Å². The lowest BCUT2D eigenvalue weighted by molar-refractivity contribution is 0.225. The highest BCUT2D eigenvalue weighted by atomic mass is 35.5. The van der Waals surface area contributed by atoms with Gasteiger partial charge in [0.1, 0.15) is 0 Å². The summed E-state index contributed by atoms with van der Waals surface area (Å²) in [5.74, 6) is 0. The first-order valence-electron chi connectivity index (χ1n) is 6.94. The molecule has 3 rings (SSSR count). The SMILES string of the molecule is Cc1cc(CN2CCCC(Cl)C2)c2ccccc2n1. The van der Waals surface area contributed by atoms with Crippen LogP contribution in [-0.4, -0.2) is 28.4 Å². The van der Waals surface area contributed by atoms with Crippen LogP contribution in [-0.2, 0) is 6.54 Å². The molecule has 0 N–H and O–H groups in total. The number of benzene rings is 1. The summed E-state index contributed by atoms with van der Waals surface area (Å²) >= 11 is 6.27. The number of halogens is 1. The molecule has 19 heavy (non-hydrogen) atoms. The van der Waals surface area contributed by atoms with Crippen LogP contribution >= 0.6 is 11.6 Å². The molecule has 3 heteroatoms. The Balaban J connectivity index is 1.91. The molecule has 2 heterocycles. The third kappa shape index (κ3) is 2.90. The number of fused-ring (bicyclic) bond motifs is 1. The van der Waals surface area contributed by atoms with Gasteiger partial charge in [-0.25, -0.2) is 0 Å². The van der Waals surface area contributed by atoms with E-state index in [0.29, 0.717) is 5.38 Å². The molecule has 2 aromatic rings. The molecule has 1 aromatic heterocycles. The quantitative estimate of drug-likeness (QED) is 0.776. The molecule has 1 fully saturated rings. The average Bonchev–Trinajstić information content (AvgIpc) is 2.38. The molecule has 1 atom stereocenters. The second-order valence-electron chi connectivity index (χ2n) is 5.41. The molecule has 100 valence electrons. The predicted octanol–water partition coefficient (Wildman–Crippen LogP) is 3.75. The molecule has 1 aliphatic rings. The lowest BCUT2D eigenvalue weighted by Gasteiger charge is -2.30. The van der Waals surface area contributed by atoms with Crippen molar-refractivity contribution in [2.24, 2.45) is 0 Å². The van der Waals surface area contributed by atoms with Gasteiger partial charge in [-0.2, -0.15) is 0 Å². The molecule has 0 saturated carbocycles. The number of hydrogen-bond donors (Lipinski definition) is 0. The highest BCUT2D eigenvalue weighted by Gasteiger charge is 2.18. The van der Waals surface area contributed by atoms with Crippen molar-refractivity contribution in [3.05, 3.63) is 41.6 Å². The first-order chi connectivity index (χ1) is 9.22. The number of para-hydroxylation sites is 1. The molecule has 1 unspecified atom stereocenters. The van der Waals surface area contributed by atoms with E-state index in [9.17, 15) is 0 Å². The van der Waals surface area contributed by atoms with E-state index < -0.39 is 0 Å². The van der Waals surface area contributed by atoms with Crippen molar-refractivity contribution < 1.29 is 0 Å². The number of hydrogen-bond acceptors (Lipinski definition) is 2. The molecule has 0 amide bonds. The van der Waals surface area contributed by atoms with Gasteiger partial charge in [0.05, 0.1) is 5.52 Å². The lowest BCUT2D eigenvalue weighted by atomic mass is 10.1. The molecule has 0 bridgehead atoms. The number of likely N-dealkylation sites (tertiary alicyclic amines) is 1. The van der Waals surface area contributed by atoms with E-state index in [1.54, 1.807) is 0 Å². The minimum atomic E-state index is 0.308. The molecule has 1 aliphatic heterocycles. The van der Waals surface area contributed by atoms with Gasteiger partial charge in [0.25, 0.3) is 0 Å². The summed E-state index contributed by atoms with van der Waals surface area (Å²) in [5.41, 5.74) is 3.55. The van der Waals surface area contributed by atoms with Gasteiger partial charge < -0.3 is 0 Å². The fourth-order valence-corrected chi connectivity index (χ4v) is 3.26. The Morgan fingerprint density at radius 2 is 2.21 bits per heavy atom. The van der Waals surface area contributed by atoms with Crippen LogP contribution < -0.4 is 0 Å². The third-order valence-electron chi connectivity index (χ3n) is 3.77. The molecule has 2 nitrogen and oxygen atoms in total. The Morgan fingerprint density at radius 3 is 3.05 bits per heavy atom. The van der Waals surface area contributed by atoms with Crippen molar-refractivity contribution in [3.8, 4) is 0 Å². The molecule has 1 saturated heterocycles. The van der Waals surface area contributed by atoms with E-state index in [2.05, 4.69) is 41.1 Å². The minimum Gasteiger partial charge on any atom is -0.298 e. The van der Waals surface area contributed by atoms with Gasteiger partial charge in [0, 0.05) is 29.5 Å². The van der Waals surface area contributed by atoms with E-state index in [-0.39, 0.29) is 0 Å². The van der Waals surface area contributed by atoms with E-state index >= 15 is 0 Å². The maximum atomic E-state index is 6.27. The Bertz CT molecular complexity index is 582. The van der Waals surface area contributed by atoms with Gasteiger partial charge in [-0.05, 0) is 44.0 Å². The second kappa shape index (κ2) is 5.48. The summed E-state index contributed by atoms with van der Waals surface area (Å²) in [6.07, 6.45) is 2.35. The Hall–Kier alpha value is -1.12. The molecule has 0 aliphatic carbocycles. The molecule has 0 spiro atoms.